The molecule has 0 aliphatic heterocycles. The molecule has 0 fully saturated rings. The van der Waals surface area contributed by atoms with E-state index in [4.69, 9.17) is 0 Å². The van der Waals surface area contributed by atoms with Crippen LogP contribution in [-0.2, 0) is 0 Å². The van der Waals surface area contributed by atoms with Crippen LogP contribution in [0.3, 0.4) is 0 Å². The molecular formula is C14H15BrFNOS. The summed E-state index contributed by atoms with van der Waals surface area (Å²) in [5.74, 6) is -0.242. The van der Waals surface area contributed by atoms with Gasteiger partial charge in [-0.3, -0.25) is 0 Å². The molecule has 1 aromatic heterocycles. The van der Waals surface area contributed by atoms with Gasteiger partial charge in [-0.2, -0.15) is 11.3 Å². The van der Waals surface area contributed by atoms with Crippen molar-refractivity contribution in [2.45, 2.75) is 19.1 Å². The van der Waals surface area contributed by atoms with E-state index in [2.05, 4.69) is 21.2 Å². The second-order valence-electron chi connectivity index (χ2n) is 4.37. The van der Waals surface area contributed by atoms with Crippen LogP contribution >= 0.6 is 27.3 Å². The normalized spacial score (nSPS) is 14.3. The molecular weight excluding hydrogens is 329 g/mol. The van der Waals surface area contributed by atoms with Crippen LogP contribution in [0, 0.1) is 5.82 Å². The SMILES string of the molecule is CC(NCC(O)c1ccsc1)c1cc(Br)ccc1F. The maximum Gasteiger partial charge on any atom is 0.128 e. The lowest BCUT2D eigenvalue weighted by molar-refractivity contribution is 0.171. The average molecular weight is 344 g/mol. The molecule has 2 unspecified atom stereocenters. The molecule has 1 heterocycles. The van der Waals surface area contributed by atoms with E-state index in [0.717, 1.165) is 10.0 Å². The number of benzene rings is 1. The summed E-state index contributed by atoms with van der Waals surface area (Å²) in [6.45, 7) is 2.27. The van der Waals surface area contributed by atoms with E-state index in [1.54, 1.807) is 23.5 Å². The average Bonchev–Trinajstić information content (AvgIpc) is 2.92. The molecule has 0 bridgehead atoms. The first-order chi connectivity index (χ1) is 9.08. The molecule has 2 nitrogen and oxygen atoms in total. The van der Waals surface area contributed by atoms with Gasteiger partial charge in [0.05, 0.1) is 6.10 Å². The van der Waals surface area contributed by atoms with Gasteiger partial charge in [0, 0.05) is 22.6 Å². The van der Waals surface area contributed by atoms with Gasteiger partial charge in [0.1, 0.15) is 5.82 Å². The number of halogens is 2. The zero-order chi connectivity index (χ0) is 13.8. The molecule has 0 spiro atoms. The predicted molar refractivity (Wildman–Crippen MR) is 79.8 cm³/mol. The van der Waals surface area contributed by atoms with Crippen molar-refractivity contribution in [3.8, 4) is 0 Å². The van der Waals surface area contributed by atoms with Crippen LogP contribution in [0.2, 0.25) is 0 Å². The van der Waals surface area contributed by atoms with Crippen molar-refractivity contribution in [2.24, 2.45) is 0 Å². The van der Waals surface area contributed by atoms with Crippen molar-refractivity contribution in [2.75, 3.05) is 6.54 Å². The fourth-order valence-corrected chi connectivity index (χ4v) is 2.91. The Morgan fingerprint density at radius 2 is 2.21 bits per heavy atom. The number of nitrogens with one attached hydrogen (secondary N) is 1. The van der Waals surface area contributed by atoms with E-state index in [-0.39, 0.29) is 11.9 Å². The van der Waals surface area contributed by atoms with Crippen LogP contribution < -0.4 is 5.32 Å². The zero-order valence-electron chi connectivity index (χ0n) is 10.4. The monoisotopic (exact) mass is 343 g/mol. The van der Waals surface area contributed by atoms with Gasteiger partial charge in [0.15, 0.2) is 0 Å². The first-order valence-corrected chi connectivity index (χ1v) is 7.70. The highest BCUT2D eigenvalue weighted by molar-refractivity contribution is 9.10. The van der Waals surface area contributed by atoms with E-state index in [1.165, 1.54) is 6.07 Å². The highest BCUT2D eigenvalue weighted by Crippen LogP contribution is 2.22. The Kier molecular flexibility index (Phi) is 5.10. The maximum absolute atomic E-state index is 13.7. The summed E-state index contributed by atoms with van der Waals surface area (Å²) in [5.41, 5.74) is 1.48. The number of hydrogen-bond acceptors (Lipinski definition) is 3. The van der Waals surface area contributed by atoms with Crippen LogP contribution in [-0.4, -0.2) is 11.7 Å². The summed E-state index contributed by atoms with van der Waals surface area (Å²) in [4.78, 5) is 0. The molecule has 102 valence electrons. The molecule has 1 aromatic carbocycles. The number of rotatable bonds is 5. The highest BCUT2D eigenvalue weighted by atomic mass is 79.9. The summed E-state index contributed by atoms with van der Waals surface area (Å²) >= 11 is 4.88. The summed E-state index contributed by atoms with van der Waals surface area (Å²) in [6, 6.07) is 6.59. The lowest BCUT2D eigenvalue weighted by Crippen LogP contribution is -2.25. The van der Waals surface area contributed by atoms with Crippen LogP contribution in [0.25, 0.3) is 0 Å². The molecule has 0 aliphatic rings. The maximum atomic E-state index is 13.7. The lowest BCUT2D eigenvalue weighted by atomic mass is 10.1. The molecule has 0 amide bonds. The Hall–Kier alpha value is -0.750. The van der Waals surface area contributed by atoms with Gasteiger partial charge in [-0.15, -0.1) is 0 Å². The second-order valence-corrected chi connectivity index (χ2v) is 6.06. The fourth-order valence-electron chi connectivity index (χ4n) is 1.83. The molecule has 19 heavy (non-hydrogen) atoms. The molecule has 2 aromatic rings. The van der Waals surface area contributed by atoms with Crippen LogP contribution in [0.1, 0.15) is 30.2 Å². The van der Waals surface area contributed by atoms with Crippen LogP contribution in [0.4, 0.5) is 4.39 Å². The standard InChI is InChI=1S/C14H15BrFNOS/c1-9(12-6-11(15)2-3-13(12)16)17-7-14(18)10-4-5-19-8-10/h2-6,8-9,14,17-18H,7H2,1H3. The Bertz CT molecular complexity index is 532. The summed E-state index contributed by atoms with van der Waals surface area (Å²) in [7, 11) is 0. The summed E-state index contributed by atoms with van der Waals surface area (Å²) < 4.78 is 14.5. The molecule has 0 saturated carbocycles. The van der Waals surface area contributed by atoms with Gasteiger partial charge in [-0.05, 0) is 47.5 Å². The fraction of sp³-hybridized carbons (Fsp3) is 0.286. The highest BCUT2D eigenvalue weighted by Gasteiger charge is 2.14. The van der Waals surface area contributed by atoms with Gasteiger partial charge in [-0.1, -0.05) is 15.9 Å². The molecule has 2 rings (SSSR count). The third-order valence-electron chi connectivity index (χ3n) is 2.97. The Balaban J connectivity index is 1.97. The summed E-state index contributed by atoms with van der Waals surface area (Å²) in [6.07, 6.45) is -0.566. The molecule has 2 atom stereocenters. The lowest BCUT2D eigenvalue weighted by Gasteiger charge is -2.18. The van der Waals surface area contributed by atoms with Crippen LogP contribution in [0.15, 0.2) is 39.5 Å². The number of hydrogen-bond donors (Lipinski definition) is 2. The Labute approximate surface area is 124 Å². The topological polar surface area (TPSA) is 32.3 Å². The van der Waals surface area contributed by atoms with Crippen LogP contribution in [0.5, 0.6) is 0 Å². The minimum atomic E-state index is -0.566. The molecule has 0 radical (unpaired) electrons. The van der Waals surface area contributed by atoms with Crippen molar-refractivity contribution in [1.29, 1.82) is 0 Å². The van der Waals surface area contributed by atoms with E-state index in [0.29, 0.717) is 12.1 Å². The van der Waals surface area contributed by atoms with E-state index < -0.39 is 6.10 Å². The third-order valence-corrected chi connectivity index (χ3v) is 4.16. The van der Waals surface area contributed by atoms with E-state index >= 15 is 0 Å². The minimum absolute atomic E-state index is 0.161. The van der Waals surface area contributed by atoms with Crippen molar-refractivity contribution in [3.63, 3.8) is 0 Å². The van der Waals surface area contributed by atoms with Crippen molar-refractivity contribution >= 4 is 27.3 Å². The first-order valence-electron chi connectivity index (χ1n) is 5.96. The molecule has 2 N–H and O–H groups in total. The predicted octanol–water partition coefficient (Wildman–Crippen LogP) is 4.03. The van der Waals surface area contributed by atoms with E-state index in [9.17, 15) is 9.50 Å². The number of thiophene rings is 1. The van der Waals surface area contributed by atoms with Gasteiger partial charge in [0.25, 0.3) is 0 Å². The molecule has 0 saturated heterocycles. The molecule has 5 heteroatoms. The smallest absolute Gasteiger partial charge is 0.128 e. The van der Waals surface area contributed by atoms with Crippen molar-refractivity contribution < 1.29 is 9.50 Å². The Morgan fingerprint density at radius 3 is 2.89 bits per heavy atom. The van der Waals surface area contributed by atoms with E-state index in [1.807, 2.05) is 23.8 Å². The van der Waals surface area contributed by atoms with Crippen molar-refractivity contribution in [3.05, 3.63) is 56.4 Å². The first kappa shape index (κ1) is 14.7. The van der Waals surface area contributed by atoms with Gasteiger partial charge in [0.2, 0.25) is 0 Å². The minimum Gasteiger partial charge on any atom is -0.387 e. The van der Waals surface area contributed by atoms with Crippen molar-refractivity contribution in [1.82, 2.24) is 5.32 Å². The second kappa shape index (κ2) is 6.61. The van der Waals surface area contributed by atoms with Gasteiger partial charge in [-0.25, -0.2) is 4.39 Å². The Morgan fingerprint density at radius 1 is 1.42 bits per heavy atom. The summed E-state index contributed by atoms with van der Waals surface area (Å²) in [5, 5.41) is 17.0. The quantitative estimate of drug-likeness (QED) is 0.858. The number of aliphatic hydroxyl groups is 1. The van der Waals surface area contributed by atoms with Gasteiger partial charge >= 0.3 is 0 Å². The zero-order valence-corrected chi connectivity index (χ0v) is 12.8. The number of aliphatic hydroxyl groups excluding tert-OH is 1. The molecule has 0 aliphatic carbocycles. The third kappa shape index (κ3) is 3.86. The van der Waals surface area contributed by atoms with Gasteiger partial charge < -0.3 is 10.4 Å². The largest absolute Gasteiger partial charge is 0.387 e.